The number of ether oxygens (including phenoxy) is 2. The fourth-order valence-corrected chi connectivity index (χ4v) is 2.98. The molecule has 0 atom stereocenters. The number of esters is 2. The standard InChI is InChI=1S/C21H19N3O6/c1-4-24-19(26)16-8-6-5-7-15(16)17(23-24)18(25)22-14-10-12(20(27)29-2)9-13(11-14)21(28)30-3/h5-11H,4H2,1-3H3,(H,22,25). The van der Waals surface area contributed by atoms with Gasteiger partial charge in [-0.2, -0.15) is 5.10 Å². The van der Waals surface area contributed by atoms with Crippen molar-refractivity contribution in [2.75, 3.05) is 19.5 Å². The molecule has 154 valence electrons. The minimum absolute atomic E-state index is 0.0372. The van der Waals surface area contributed by atoms with Gasteiger partial charge in [-0.15, -0.1) is 0 Å². The molecular weight excluding hydrogens is 390 g/mol. The molecule has 0 bridgehead atoms. The van der Waals surface area contributed by atoms with Crippen LogP contribution in [-0.4, -0.2) is 41.8 Å². The van der Waals surface area contributed by atoms with Crippen molar-refractivity contribution < 1.29 is 23.9 Å². The van der Waals surface area contributed by atoms with Crippen LogP contribution in [0.4, 0.5) is 5.69 Å². The van der Waals surface area contributed by atoms with Crippen LogP contribution in [0.2, 0.25) is 0 Å². The highest BCUT2D eigenvalue weighted by Crippen LogP contribution is 2.19. The van der Waals surface area contributed by atoms with E-state index in [2.05, 4.69) is 10.4 Å². The number of anilines is 1. The molecule has 0 aliphatic heterocycles. The zero-order chi connectivity index (χ0) is 21.8. The predicted octanol–water partition coefficient (Wildman–Crippen LogP) is 2.24. The van der Waals surface area contributed by atoms with Crippen molar-refractivity contribution in [3.05, 3.63) is 69.6 Å². The summed E-state index contributed by atoms with van der Waals surface area (Å²) in [5.74, 6) is -1.97. The van der Waals surface area contributed by atoms with Gasteiger partial charge in [0.25, 0.3) is 11.5 Å². The lowest BCUT2D eigenvalue weighted by Gasteiger charge is -2.12. The lowest BCUT2D eigenvalue weighted by molar-refractivity contribution is 0.0599. The molecular formula is C21H19N3O6. The first-order valence-electron chi connectivity index (χ1n) is 9.02. The highest BCUT2D eigenvalue weighted by Gasteiger charge is 2.19. The minimum Gasteiger partial charge on any atom is -0.465 e. The Balaban J connectivity index is 2.08. The van der Waals surface area contributed by atoms with Crippen molar-refractivity contribution in [3.8, 4) is 0 Å². The van der Waals surface area contributed by atoms with E-state index in [9.17, 15) is 19.2 Å². The maximum Gasteiger partial charge on any atom is 0.337 e. The largest absolute Gasteiger partial charge is 0.465 e. The molecule has 0 unspecified atom stereocenters. The summed E-state index contributed by atoms with van der Waals surface area (Å²) in [6.07, 6.45) is 0. The second-order valence-electron chi connectivity index (χ2n) is 6.25. The molecule has 0 aliphatic rings. The Labute approximate surface area is 171 Å². The van der Waals surface area contributed by atoms with Crippen LogP contribution >= 0.6 is 0 Å². The molecule has 9 nitrogen and oxygen atoms in total. The molecule has 0 aliphatic carbocycles. The quantitative estimate of drug-likeness (QED) is 0.642. The van der Waals surface area contributed by atoms with E-state index in [1.807, 2.05) is 0 Å². The third-order valence-electron chi connectivity index (χ3n) is 4.42. The van der Waals surface area contributed by atoms with Gasteiger partial charge < -0.3 is 14.8 Å². The average molecular weight is 409 g/mol. The fourth-order valence-electron chi connectivity index (χ4n) is 2.98. The lowest BCUT2D eigenvalue weighted by Crippen LogP contribution is -2.27. The van der Waals surface area contributed by atoms with Gasteiger partial charge >= 0.3 is 11.9 Å². The Morgan fingerprint density at radius 1 is 0.967 bits per heavy atom. The highest BCUT2D eigenvalue weighted by molar-refractivity contribution is 6.11. The van der Waals surface area contributed by atoms with E-state index >= 15 is 0 Å². The second-order valence-corrected chi connectivity index (χ2v) is 6.25. The van der Waals surface area contributed by atoms with Crippen LogP contribution in [0.5, 0.6) is 0 Å². The number of nitrogens with one attached hydrogen (secondary N) is 1. The first-order chi connectivity index (χ1) is 14.4. The topological polar surface area (TPSA) is 117 Å². The molecule has 1 amide bonds. The number of methoxy groups -OCH3 is 2. The van der Waals surface area contributed by atoms with E-state index in [1.54, 1.807) is 31.2 Å². The number of aryl methyl sites for hydroxylation is 1. The highest BCUT2D eigenvalue weighted by atomic mass is 16.5. The van der Waals surface area contributed by atoms with Gasteiger partial charge in [0.05, 0.1) is 30.7 Å². The zero-order valence-corrected chi connectivity index (χ0v) is 16.6. The molecule has 0 fully saturated rings. The van der Waals surface area contributed by atoms with Gasteiger partial charge in [-0.3, -0.25) is 9.59 Å². The summed E-state index contributed by atoms with van der Waals surface area (Å²) >= 11 is 0. The molecule has 30 heavy (non-hydrogen) atoms. The Hall–Kier alpha value is -4.01. The normalized spacial score (nSPS) is 10.5. The number of aromatic nitrogens is 2. The molecule has 3 rings (SSSR count). The number of hydrogen-bond donors (Lipinski definition) is 1. The number of hydrogen-bond acceptors (Lipinski definition) is 7. The number of carbonyl (C=O) groups is 3. The number of fused-ring (bicyclic) bond motifs is 1. The van der Waals surface area contributed by atoms with Gasteiger partial charge in [0, 0.05) is 17.6 Å². The third kappa shape index (κ3) is 3.90. The Morgan fingerprint density at radius 2 is 1.53 bits per heavy atom. The van der Waals surface area contributed by atoms with Gasteiger partial charge in [-0.1, -0.05) is 18.2 Å². The summed E-state index contributed by atoms with van der Waals surface area (Å²) < 4.78 is 10.6. The molecule has 0 saturated heterocycles. The summed E-state index contributed by atoms with van der Waals surface area (Å²) in [7, 11) is 2.41. The van der Waals surface area contributed by atoms with Crippen molar-refractivity contribution in [1.29, 1.82) is 0 Å². The van der Waals surface area contributed by atoms with Crippen molar-refractivity contribution in [1.82, 2.24) is 9.78 Å². The minimum atomic E-state index is -0.681. The first-order valence-corrected chi connectivity index (χ1v) is 9.02. The van der Waals surface area contributed by atoms with Gasteiger partial charge in [-0.05, 0) is 31.2 Å². The van der Waals surface area contributed by atoms with E-state index < -0.39 is 17.8 Å². The maximum atomic E-state index is 13.0. The van der Waals surface area contributed by atoms with E-state index in [1.165, 1.54) is 37.1 Å². The SMILES string of the molecule is CCn1nc(C(=O)Nc2cc(C(=O)OC)cc(C(=O)OC)c2)c2ccccc2c1=O. The molecule has 0 saturated carbocycles. The Bertz CT molecular complexity index is 1180. The molecule has 0 spiro atoms. The van der Waals surface area contributed by atoms with Crippen LogP contribution in [-0.2, 0) is 16.0 Å². The number of nitrogens with zero attached hydrogens (tertiary/aromatic N) is 2. The third-order valence-corrected chi connectivity index (χ3v) is 4.42. The average Bonchev–Trinajstić information content (AvgIpc) is 2.78. The molecule has 0 radical (unpaired) electrons. The number of rotatable bonds is 5. The molecule has 3 aromatic rings. The van der Waals surface area contributed by atoms with Gasteiger partial charge in [0.2, 0.25) is 0 Å². The first kappa shape index (κ1) is 20.7. The van der Waals surface area contributed by atoms with Crippen LogP contribution in [0, 0.1) is 0 Å². The number of amides is 1. The van der Waals surface area contributed by atoms with Crippen LogP contribution < -0.4 is 10.9 Å². The Kier molecular flexibility index (Phi) is 5.91. The summed E-state index contributed by atoms with van der Waals surface area (Å²) in [4.78, 5) is 49.3. The van der Waals surface area contributed by atoms with Gasteiger partial charge in [0.1, 0.15) is 0 Å². The predicted molar refractivity (Wildman–Crippen MR) is 109 cm³/mol. The van der Waals surface area contributed by atoms with Crippen molar-refractivity contribution in [2.24, 2.45) is 0 Å². The zero-order valence-electron chi connectivity index (χ0n) is 16.6. The van der Waals surface area contributed by atoms with Gasteiger partial charge in [-0.25, -0.2) is 14.3 Å². The van der Waals surface area contributed by atoms with Crippen molar-refractivity contribution >= 4 is 34.3 Å². The summed E-state index contributed by atoms with van der Waals surface area (Å²) in [6, 6.07) is 10.7. The smallest absolute Gasteiger partial charge is 0.337 e. The van der Waals surface area contributed by atoms with E-state index in [0.717, 1.165) is 0 Å². The maximum absolute atomic E-state index is 13.0. The lowest BCUT2D eigenvalue weighted by atomic mass is 10.1. The van der Waals surface area contributed by atoms with Crippen LogP contribution in [0.25, 0.3) is 10.8 Å². The van der Waals surface area contributed by atoms with Crippen molar-refractivity contribution in [2.45, 2.75) is 13.5 Å². The molecule has 9 heteroatoms. The molecule has 1 N–H and O–H groups in total. The van der Waals surface area contributed by atoms with Crippen LogP contribution in [0.3, 0.4) is 0 Å². The van der Waals surface area contributed by atoms with E-state index in [0.29, 0.717) is 10.8 Å². The molecule has 2 aromatic carbocycles. The van der Waals surface area contributed by atoms with E-state index in [-0.39, 0.29) is 34.6 Å². The Morgan fingerprint density at radius 3 is 2.07 bits per heavy atom. The summed E-state index contributed by atoms with van der Waals surface area (Å²) in [5.41, 5.74) is 0.0305. The van der Waals surface area contributed by atoms with E-state index in [4.69, 9.17) is 9.47 Å². The van der Waals surface area contributed by atoms with Crippen LogP contribution in [0.1, 0.15) is 38.1 Å². The van der Waals surface area contributed by atoms with Crippen LogP contribution in [0.15, 0.2) is 47.3 Å². The summed E-state index contributed by atoms with van der Waals surface area (Å²) in [5, 5.41) is 7.55. The monoisotopic (exact) mass is 409 g/mol. The molecule has 1 aromatic heterocycles. The summed E-state index contributed by atoms with van der Waals surface area (Å²) in [6.45, 7) is 2.03. The fraction of sp³-hybridized carbons (Fsp3) is 0.190. The van der Waals surface area contributed by atoms with Gasteiger partial charge in [0.15, 0.2) is 5.69 Å². The number of benzene rings is 2. The number of carbonyl (C=O) groups excluding carboxylic acids is 3. The van der Waals surface area contributed by atoms with Crippen molar-refractivity contribution in [3.63, 3.8) is 0 Å². The molecule has 1 heterocycles. The second kappa shape index (κ2) is 8.56.